The molecule has 2 rings (SSSR count). The third-order valence-corrected chi connectivity index (χ3v) is 4.09. The maximum atomic E-state index is 12.1. The van der Waals surface area contributed by atoms with E-state index in [0.717, 1.165) is 43.3 Å². The van der Waals surface area contributed by atoms with Crippen LogP contribution in [0.15, 0.2) is 24.3 Å². The molecule has 0 atom stereocenters. The first-order chi connectivity index (χ1) is 9.70. The Balaban J connectivity index is 1.72. The van der Waals surface area contributed by atoms with Crippen LogP contribution in [0.1, 0.15) is 12.5 Å². The van der Waals surface area contributed by atoms with Crippen molar-refractivity contribution >= 4 is 17.5 Å². The molecule has 1 aromatic carbocycles. The molecule has 1 aromatic rings. The minimum Gasteiger partial charge on any atom is -0.339 e. The normalized spacial score (nSPS) is 16.4. The highest BCUT2D eigenvalue weighted by Crippen LogP contribution is 2.14. The van der Waals surface area contributed by atoms with Crippen molar-refractivity contribution in [1.82, 2.24) is 15.1 Å². The Labute approximate surface area is 125 Å². The lowest BCUT2D eigenvalue weighted by Gasteiger charge is -2.34. The van der Waals surface area contributed by atoms with Crippen LogP contribution >= 0.6 is 11.6 Å². The molecule has 0 radical (unpaired) electrons. The molecule has 1 amide bonds. The number of benzene rings is 1. The fourth-order valence-corrected chi connectivity index (χ4v) is 2.57. The lowest BCUT2D eigenvalue weighted by atomic mass is 10.2. The van der Waals surface area contributed by atoms with Crippen molar-refractivity contribution in [2.24, 2.45) is 0 Å². The summed E-state index contributed by atoms with van der Waals surface area (Å²) in [7, 11) is 0. The molecule has 0 bridgehead atoms. The maximum Gasteiger partial charge on any atom is 0.236 e. The molecule has 0 aliphatic carbocycles. The molecule has 0 saturated carbocycles. The van der Waals surface area contributed by atoms with Crippen molar-refractivity contribution in [1.29, 1.82) is 0 Å². The molecule has 20 heavy (non-hydrogen) atoms. The molecule has 0 aromatic heterocycles. The van der Waals surface area contributed by atoms with Gasteiger partial charge in [0, 0.05) is 37.7 Å². The molecular weight excluding hydrogens is 274 g/mol. The molecule has 5 heteroatoms. The summed E-state index contributed by atoms with van der Waals surface area (Å²) in [5, 5.41) is 3.92. The first-order valence-electron chi connectivity index (χ1n) is 7.15. The molecule has 0 spiro atoms. The van der Waals surface area contributed by atoms with Crippen LogP contribution in [-0.4, -0.2) is 55.0 Å². The van der Waals surface area contributed by atoms with Crippen LogP contribution < -0.4 is 5.32 Å². The fraction of sp³-hybridized carbons (Fsp3) is 0.533. The SMILES string of the molecule is CCN1CCN(C(=O)CNCc2ccccc2Cl)CC1. The Kier molecular flexibility index (Phi) is 5.83. The molecule has 1 aliphatic heterocycles. The monoisotopic (exact) mass is 295 g/mol. The summed E-state index contributed by atoms with van der Waals surface area (Å²) in [5.74, 6) is 0.174. The lowest BCUT2D eigenvalue weighted by molar-refractivity contribution is -0.131. The number of hydrogen-bond donors (Lipinski definition) is 1. The van der Waals surface area contributed by atoms with Gasteiger partial charge in [-0.15, -0.1) is 0 Å². The second kappa shape index (κ2) is 7.62. The van der Waals surface area contributed by atoms with Gasteiger partial charge in [-0.05, 0) is 18.2 Å². The quantitative estimate of drug-likeness (QED) is 0.896. The number of amides is 1. The largest absolute Gasteiger partial charge is 0.339 e. The standard InChI is InChI=1S/C15H22ClN3O/c1-2-18-7-9-19(10-8-18)15(20)12-17-11-13-5-3-4-6-14(13)16/h3-6,17H,2,7-12H2,1H3. The highest BCUT2D eigenvalue weighted by atomic mass is 35.5. The number of carbonyl (C=O) groups is 1. The Morgan fingerprint density at radius 2 is 1.95 bits per heavy atom. The summed E-state index contributed by atoms with van der Waals surface area (Å²) < 4.78 is 0. The first kappa shape index (κ1) is 15.3. The second-order valence-electron chi connectivity index (χ2n) is 5.01. The van der Waals surface area contributed by atoms with Crippen LogP contribution in [-0.2, 0) is 11.3 Å². The van der Waals surface area contributed by atoms with E-state index in [1.807, 2.05) is 29.2 Å². The third kappa shape index (κ3) is 4.20. The molecule has 0 unspecified atom stereocenters. The van der Waals surface area contributed by atoms with E-state index in [1.165, 1.54) is 0 Å². The zero-order chi connectivity index (χ0) is 14.4. The van der Waals surface area contributed by atoms with Crippen LogP contribution in [0.5, 0.6) is 0 Å². The predicted octanol–water partition coefficient (Wildman–Crippen LogP) is 1.59. The van der Waals surface area contributed by atoms with Gasteiger partial charge in [0.05, 0.1) is 6.54 Å². The summed E-state index contributed by atoms with van der Waals surface area (Å²) >= 11 is 6.08. The predicted molar refractivity (Wildman–Crippen MR) is 81.9 cm³/mol. The summed E-state index contributed by atoms with van der Waals surface area (Å²) in [5.41, 5.74) is 1.03. The van der Waals surface area contributed by atoms with E-state index >= 15 is 0 Å². The van der Waals surface area contributed by atoms with Gasteiger partial charge >= 0.3 is 0 Å². The molecule has 1 N–H and O–H groups in total. The van der Waals surface area contributed by atoms with Gasteiger partial charge in [-0.2, -0.15) is 0 Å². The van der Waals surface area contributed by atoms with Gasteiger partial charge < -0.3 is 15.1 Å². The topological polar surface area (TPSA) is 35.6 Å². The maximum absolute atomic E-state index is 12.1. The molecule has 1 aliphatic rings. The number of halogens is 1. The highest BCUT2D eigenvalue weighted by molar-refractivity contribution is 6.31. The Morgan fingerprint density at radius 3 is 2.60 bits per heavy atom. The Hall–Kier alpha value is -1.10. The number of hydrogen-bond acceptors (Lipinski definition) is 3. The number of likely N-dealkylation sites (N-methyl/N-ethyl adjacent to an activating group) is 1. The molecule has 1 saturated heterocycles. The minimum absolute atomic E-state index is 0.174. The number of piperazine rings is 1. The average molecular weight is 296 g/mol. The number of carbonyl (C=O) groups excluding carboxylic acids is 1. The number of nitrogens with zero attached hydrogens (tertiary/aromatic N) is 2. The van der Waals surface area contributed by atoms with Gasteiger partial charge in [-0.25, -0.2) is 0 Å². The molecule has 1 heterocycles. The van der Waals surface area contributed by atoms with E-state index in [9.17, 15) is 4.79 Å². The summed E-state index contributed by atoms with van der Waals surface area (Å²) in [6.45, 7) is 7.84. The van der Waals surface area contributed by atoms with Crippen molar-refractivity contribution in [3.05, 3.63) is 34.9 Å². The van der Waals surface area contributed by atoms with Gasteiger partial charge in [0.25, 0.3) is 0 Å². The van der Waals surface area contributed by atoms with Crippen LogP contribution in [0.2, 0.25) is 5.02 Å². The number of nitrogens with one attached hydrogen (secondary N) is 1. The van der Waals surface area contributed by atoms with E-state index in [0.29, 0.717) is 13.1 Å². The van der Waals surface area contributed by atoms with E-state index in [2.05, 4.69) is 17.1 Å². The molecule has 4 nitrogen and oxygen atoms in total. The third-order valence-electron chi connectivity index (χ3n) is 3.72. The zero-order valence-electron chi connectivity index (χ0n) is 11.9. The molecule has 1 fully saturated rings. The van der Waals surface area contributed by atoms with Gasteiger partial charge in [0.15, 0.2) is 0 Å². The van der Waals surface area contributed by atoms with E-state index < -0.39 is 0 Å². The van der Waals surface area contributed by atoms with Gasteiger partial charge in [-0.1, -0.05) is 36.7 Å². The van der Waals surface area contributed by atoms with Gasteiger partial charge in [0.1, 0.15) is 0 Å². The van der Waals surface area contributed by atoms with Crippen molar-refractivity contribution in [3.63, 3.8) is 0 Å². The Morgan fingerprint density at radius 1 is 1.25 bits per heavy atom. The van der Waals surface area contributed by atoms with Crippen LogP contribution in [0.4, 0.5) is 0 Å². The van der Waals surface area contributed by atoms with Gasteiger partial charge in [-0.3, -0.25) is 4.79 Å². The average Bonchev–Trinajstić information content (AvgIpc) is 2.49. The Bertz CT molecular complexity index is 444. The van der Waals surface area contributed by atoms with E-state index in [1.54, 1.807) is 0 Å². The van der Waals surface area contributed by atoms with E-state index in [-0.39, 0.29) is 5.91 Å². The van der Waals surface area contributed by atoms with E-state index in [4.69, 9.17) is 11.6 Å². The minimum atomic E-state index is 0.174. The second-order valence-corrected chi connectivity index (χ2v) is 5.42. The summed E-state index contributed by atoms with van der Waals surface area (Å²) in [6.07, 6.45) is 0. The van der Waals surface area contributed by atoms with Gasteiger partial charge in [0.2, 0.25) is 5.91 Å². The van der Waals surface area contributed by atoms with Crippen molar-refractivity contribution in [2.45, 2.75) is 13.5 Å². The highest BCUT2D eigenvalue weighted by Gasteiger charge is 2.19. The number of rotatable bonds is 5. The van der Waals surface area contributed by atoms with Crippen LogP contribution in [0, 0.1) is 0 Å². The van der Waals surface area contributed by atoms with Crippen molar-refractivity contribution in [2.75, 3.05) is 39.3 Å². The molecular formula is C15H22ClN3O. The zero-order valence-corrected chi connectivity index (χ0v) is 12.7. The summed E-state index contributed by atoms with van der Waals surface area (Å²) in [6, 6.07) is 7.70. The molecule has 110 valence electrons. The summed E-state index contributed by atoms with van der Waals surface area (Å²) in [4.78, 5) is 16.4. The van der Waals surface area contributed by atoms with Crippen molar-refractivity contribution < 1.29 is 4.79 Å². The van der Waals surface area contributed by atoms with Crippen molar-refractivity contribution in [3.8, 4) is 0 Å². The smallest absolute Gasteiger partial charge is 0.236 e. The van der Waals surface area contributed by atoms with Crippen LogP contribution in [0.25, 0.3) is 0 Å². The van der Waals surface area contributed by atoms with Crippen LogP contribution in [0.3, 0.4) is 0 Å². The fourth-order valence-electron chi connectivity index (χ4n) is 2.37. The lowest BCUT2D eigenvalue weighted by Crippen LogP contribution is -2.50. The first-order valence-corrected chi connectivity index (χ1v) is 7.52.